The van der Waals surface area contributed by atoms with Gasteiger partial charge in [-0.15, -0.1) is 0 Å². The Balaban J connectivity index is 2.54. The standard InChI is InChI=1S/C14H18N2O6S/c1-2-23(21,22)10-6-7-11(13(9-10)16(19)20)15-8-4-3-5-12(15)14(17)18/h6-7,9,12H,2-5,8H2,1H3,(H,17,18)/t12-/m1/s1. The number of benzene rings is 1. The number of aliphatic carboxylic acids is 1. The molecule has 1 fully saturated rings. The number of nitro groups is 1. The van der Waals surface area contributed by atoms with Crippen LogP contribution in [0.5, 0.6) is 0 Å². The number of hydrogen-bond donors (Lipinski definition) is 1. The van der Waals surface area contributed by atoms with Crippen LogP contribution in [0, 0.1) is 10.1 Å². The second-order valence-corrected chi connectivity index (χ2v) is 7.63. The number of piperidine rings is 1. The third kappa shape index (κ3) is 3.44. The largest absolute Gasteiger partial charge is 0.480 e. The predicted octanol–water partition coefficient (Wildman–Crippen LogP) is 1.83. The molecule has 0 radical (unpaired) electrons. The molecule has 2 rings (SSSR count). The fraction of sp³-hybridized carbons (Fsp3) is 0.500. The summed E-state index contributed by atoms with van der Waals surface area (Å²) in [5.41, 5.74) is -0.232. The maximum atomic E-state index is 11.9. The van der Waals surface area contributed by atoms with Gasteiger partial charge in [-0.3, -0.25) is 10.1 Å². The SMILES string of the molecule is CCS(=O)(=O)c1ccc(N2CCCC[C@@H]2C(=O)O)c([N+](=O)[O-])c1. The smallest absolute Gasteiger partial charge is 0.326 e. The van der Waals surface area contributed by atoms with Gasteiger partial charge in [-0.2, -0.15) is 0 Å². The summed E-state index contributed by atoms with van der Waals surface area (Å²) in [6.07, 6.45) is 1.88. The molecule has 23 heavy (non-hydrogen) atoms. The summed E-state index contributed by atoms with van der Waals surface area (Å²) in [7, 11) is -3.57. The Hall–Kier alpha value is -2.16. The Labute approximate surface area is 133 Å². The molecule has 0 amide bonds. The Bertz CT molecular complexity index is 731. The highest BCUT2D eigenvalue weighted by Gasteiger charge is 2.33. The molecule has 0 bridgehead atoms. The first kappa shape index (κ1) is 17.2. The topological polar surface area (TPSA) is 118 Å². The molecule has 0 aromatic heterocycles. The van der Waals surface area contributed by atoms with Gasteiger partial charge in [0, 0.05) is 12.6 Å². The lowest BCUT2D eigenvalue weighted by Crippen LogP contribution is -2.45. The molecule has 1 heterocycles. The Kier molecular flexibility index (Phi) is 4.88. The highest BCUT2D eigenvalue weighted by atomic mass is 32.2. The van der Waals surface area contributed by atoms with Gasteiger partial charge < -0.3 is 10.0 Å². The zero-order valence-corrected chi connectivity index (χ0v) is 13.5. The van der Waals surface area contributed by atoms with Crippen LogP contribution in [0.2, 0.25) is 0 Å². The normalized spacial score (nSPS) is 18.7. The molecule has 0 unspecified atom stereocenters. The van der Waals surface area contributed by atoms with Gasteiger partial charge in [-0.25, -0.2) is 13.2 Å². The van der Waals surface area contributed by atoms with Gasteiger partial charge in [0.15, 0.2) is 9.84 Å². The summed E-state index contributed by atoms with van der Waals surface area (Å²) >= 11 is 0. The molecule has 0 aliphatic carbocycles. The van der Waals surface area contributed by atoms with Crippen molar-refractivity contribution in [1.29, 1.82) is 0 Å². The van der Waals surface area contributed by atoms with E-state index >= 15 is 0 Å². The van der Waals surface area contributed by atoms with Crippen molar-refractivity contribution in [2.24, 2.45) is 0 Å². The summed E-state index contributed by atoms with van der Waals surface area (Å²) in [6, 6.07) is 2.81. The fourth-order valence-corrected chi connectivity index (χ4v) is 3.63. The van der Waals surface area contributed by atoms with E-state index in [1.54, 1.807) is 0 Å². The summed E-state index contributed by atoms with van der Waals surface area (Å²) < 4.78 is 23.8. The summed E-state index contributed by atoms with van der Waals surface area (Å²) in [5.74, 6) is -1.20. The number of sulfone groups is 1. The van der Waals surface area contributed by atoms with Crippen LogP contribution in [0.25, 0.3) is 0 Å². The van der Waals surface area contributed by atoms with Crippen molar-refractivity contribution in [2.75, 3.05) is 17.2 Å². The van der Waals surface area contributed by atoms with Crippen molar-refractivity contribution in [3.8, 4) is 0 Å². The van der Waals surface area contributed by atoms with Crippen molar-refractivity contribution in [3.63, 3.8) is 0 Å². The van der Waals surface area contributed by atoms with Crippen LogP contribution in [0.15, 0.2) is 23.1 Å². The molecular formula is C14H18N2O6S. The highest BCUT2D eigenvalue weighted by Crippen LogP contribution is 2.35. The lowest BCUT2D eigenvalue weighted by atomic mass is 10.0. The first-order valence-corrected chi connectivity index (χ1v) is 8.93. The number of carbonyl (C=O) groups is 1. The number of anilines is 1. The fourth-order valence-electron chi connectivity index (χ4n) is 2.73. The molecule has 9 heteroatoms. The van der Waals surface area contributed by atoms with E-state index in [-0.39, 0.29) is 22.0 Å². The van der Waals surface area contributed by atoms with E-state index in [1.807, 2.05) is 0 Å². The zero-order chi connectivity index (χ0) is 17.2. The Morgan fingerprint density at radius 1 is 1.43 bits per heavy atom. The van der Waals surface area contributed by atoms with E-state index in [9.17, 15) is 28.4 Å². The number of carboxylic acid groups (broad SMARTS) is 1. The number of hydrogen-bond acceptors (Lipinski definition) is 6. The Morgan fingerprint density at radius 2 is 2.13 bits per heavy atom. The number of nitro benzene ring substituents is 1. The molecule has 1 aliphatic heterocycles. The average molecular weight is 342 g/mol. The minimum absolute atomic E-state index is 0.126. The molecule has 1 saturated heterocycles. The van der Waals surface area contributed by atoms with Crippen LogP contribution < -0.4 is 4.90 Å². The summed E-state index contributed by atoms with van der Waals surface area (Å²) in [6.45, 7) is 1.85. The maximum Gasteiger partial charge on any atom is 0.326 e. The summed E-state index contributed by atoms with van der Waals surface area (Å²) in [4.78, 5) is 23.4. The van der Waals surface area contributed by atoms with E-state index in [0.29, 0.717) is 13.0 Å². The van der Waals surface area contributed by atoms with Gasteiger partial charge >= 0.3 is 5.97 Å². The van der Waals surface area contributed by atoms with Gasteiger partial charge in [0.2, 0.25) is 0 Å². The van der Waals surface area contributed by atoms with Crippen LogP contribution in [-0.2, 0) is 14.6 Å². The monoisotopic (exact) mass is 342 g/mol. The molecule has 1 aromatic carbocycles. The molecule has 1 atom stereocenters. The van der Waals surface area contributed by atoms with Crippen molar-refractivity contribution >= 4 is 27.2 Å². The first-order valence-electron chi connectivity index (χ1n) is 7.28. The minimum Gasteiger partial charge on any atom is -0.480 e. The van der Waals surface area contributed by atoms with Crippen molar-refractivity contribution in [3.05, 3.63) is 28.3 Å². The van der Waals surface area contributed by atoms with E-state index in [0.717, 1.165) is 18.9 Å². The molecule has 0 saturated carbocycles. The molecule has 1 aliphatic rings. The van der Waals surface area contributed by atoms with E-state index < -0.39 is 26.8 Å². The highest BCUT2D eigenvalue weighted by molar-refractivity contribution is 7.91. The Morgan fingerprint density at radius 3 is 2.70 bits per heavy atom. The predicted molar refractivity (Wildman–Crippen MR) is 83.4 cm³/mol. The number of carboxylic acids is 1. The molecule has 1 N–H and O–H groups in total. The van der Waals surface area contributed by atoms with Crippen LogP contribution in [-0.4, -0.2) is 42.8 Å². The van der Waals surface area contributed by atoms with Crippen molar-refractivity contribution in [2.45, 2.75) is 37.1 Å². The molecule has 1 aromatic rings. The van der Waals surface area contributed by atoms with Crippen LogP contribution >= 0.6 is 0 Å². The van der Waals surface area contributed by atoms with Gasteiger partial charge in [0.25, 0.3) is 5.69 Å². The van der Waals surface area contributed by atoms with Crippen LogP contribution in [0.1, 0.15) is 26.2 Å². The molecule has 8 nitrogen and oxygen atoms in total. The third-order valence-electron chi connectivity index (χ3n) is 3.98. The van der Waals surface area contributed by atoms with Gasteiger partial charge in [0.05, 0.1) is 15.6 Å². The van der Waals surface area contributed by atoms with Gasteiger partial charge in [0.1, 0.15) is 11.7 Å². The van der Waals surface area contributed by atoms with E-state index in [2.05, 4.69) is 0 Å². The lowest BCUT2D eigenvalue weighted by molar-refractivity contribution is -0.384. The van der Waals surface area contributed by atoms with E-state index in [1.165, 1.54) is 24.0 Å². The van der Waals surface area contributed by atoms with Crippen molar-refractivity contribution in [1.82, 2.24) is 0 Å². The number of rotatable bonds is 5. The third-order valence-corrected chi connectivity index (χ3v) is 5.71. The maximum absolute atomic E-state index is 11.9. The molecule has 0 spiro atoms. The quantitative estimate of drug-likeness (QED) is 0.640. The number of nitrogens with zero attached hydrogens (tertiary/aromatic N) is 2. The summed E-state index contributed by atoms with van der Waals surface area (Å²) in [5, 5.41) is 20.7. The van der Waals surface area contributed by atoms with Crippen LogP contribution in [0.4, 0.5) is 11.4 Å². The minimum atomic E-state index is -3.57. The lowest BCUT2D eigenvalue weighted by Gasteiger charge is -2.34. The first-order chi connectivity index (χ1) is 10.8. The van der Waals surface area contributed by atoms with Gasteiger partial charge in [-0.1, -0.05) is 6.92 Å². The zero-order valence-electron chi connectivity index (χ0n) is 12.6. The second-order valence-electron chi connectivity index (χ2n) is 5.35. The average Bonchev–Trinajstić information content (AvgIpc) is 2.54. The van der Waals surface area contributed by atoms with E-state index in [4.69, 9.17) is 0 Å². The van der Waals surface area contributed by atoms with Crippen molar-refractivity contribution < 1.29 is 23.2 Å². The molecular weight excluding hydrogens is 324 g/mol. The molecule has 126 valence electrons. The second kappa shape index (κ2) is 6.53. The van der Waals surface area contributed by atoms with Crippen LogP contribution in [0.3, 0.4) is 0 Å². The van der Waals surface area contributed by atoms with Gasteiger partial charge in [-0.05, 0) is 31.4 Å².